The number of pyridine rings is 1. The summed E-state index contributed by atoms with van der Waals surface area (Å²) >= 11 is 1.73. The van der Waals surface area contributed by atoms with Gasteiger partial charge in [-0.2, -0.15) is 7.05 Å². The van der Waals surface area contributed by atoms with Gasteiger partial charge in [-0.05, 0) is 44.2 Å². The summed E-state index contributed by atoms with van der Waals surface area (Å²) in [5.41, 5.74) is 2.20. The predicted octanol–water partition coefficient (Wildman–Crippen LogP) is 2.80. The molecule has 0 aromatic carbocycles. The fraction of sp³-hybridized carbons (Fsp3) is 0.720. The summed E-state index contributed by atoms with van der Waals surface area (Å²) in [6.07, 6.45) is 10.1. The number of nitrogens with zero attached hydrogens (tertiary/aromatic N) is 1. The van der Waals surface area contributed by atoms with Crippen LogP contribution in [-0.2, 0) is 35.8 Å². The van der Waals surface area contributed by atoms with Gasteiger partial charge in [-0.3, -0.25) is 9.78 Å². The Morgan fingerprint density at radius 3 is 2.36 bits per heavy atom. The summed E-state index contributed by atoms with van der Waals surface area (Å²) in [6, 6.07) is 6.46. The summed E-state index contributed by atoms with van der Waals surface area (Å²) in [5.74, 6) is 0.749. The van der Waals surface area contributed by atoms with Crippen molar-refractivity contribution >= 4 is 38.4 Å². The maximum atomic E-state index is 10.5. The van der Waals surface area contributed by atoms with Crippen LogP contribution in [0.2, 0.25) is 0 Å². The second-order valence-electron chi connectivity index (χ2n) is 9.77. The Labute approximate surface area is 235 Å². The molecule has 0 spiro atoms. The number of ether oxygens (including phenoxy) is 1. The molecule has 2 aliphatic carbocycles. The molecule has 2 bridgehead atoms. The standard InChI is InChI=1S/C25H41N5O2S.2ClH.Mn/c1-30-17-20-15-21(33-13-12-32-18-31)14-19(29-20)16-28-23-7-3-2-6-22(23)26-10-11-27-24-8-4-5-9-25(24)30;;;/h14-15,18,22-28,30H,1-13,16-17H2;2*1H;/q;;;+2/p-2/t22?,23-,24-,25-;;;/m1.../s1. The number of halogens is 2. The van der Waals surface area contributed by atoms with Crippen molar-refractivity contribution in [1.29, 1.82) is 0 Å². The van der Waals surface area contributed by atoms with Crippen LogP contribution in [0.4, 0.5) is 0 Å². The summed E-state index contributed by atoms with van der Waals surface area (Å²) in [6.45, 7) is 4.61. The van der Waals surface area contributed by atoms with E-state index in [0.717, 1.165) is 43.3 Å². The first-order chi connectivity index (χ1) is 17.6. The fourth-order valence-electron chi connectivity index (χ4n) is 5.74. The second kappa shape index (κ2) is 17.5. The van der Waals surface area contributed by atoms with Gasteiger partial charge in [0.25, 0.3) is 6.47 Å². The van der Waals surface area contributed by atoms with Crippen LogP contribution >= 0.6 is 32.0 Å². The van der Waals surface area contributed by atoms with Crippen LogP contribution in [0.3, 0.4) is 0 Å². The number of carbonyl (C=O) groups is 1. The molecule has 3 aliphatic rings. The molecule has 2 heterocycles. The van der Waals surface area contributed by atoms with Crippen molar-refractivity contribution in [2.45, 2.75) is 93.5 Å². The molecule has 4 N–H and O–H groups in total. The maximum absolute atomic E-state index is 10.5. The molecule has 2 saturated carbocycles. The van der Waals surface area contributed by atoms with E-state index in [2.05, 4.69) is 35.1 Å². The van der Waals surface area contributed by atoms with E-state index < -0.39 is 0 Å². The number of hydrogen-bond acceptors (Lipinski definition) is 7. The molecule has 0 saturated heterocycles. The van der Waals surface area contributed by atoms with Crippen molar-refractivity contribution in [2.24, 2.45) is 0 Å². The van der Waals surface area contributed by atoms with Crippen molar-refractivity contribution in [1.82, 2.24) is 20.9 Å². The molecule has 7 nitrogen and oxygen atoms in total. The fourth-order valence-corrected chi connectivity index (χ4v) is 6.59. The van der Waals surface area contributed by atoms with Gasteiger partial charge in [-0.1, -0.05) is 19.3 Å². The van der Waals surface area contributed by atoms with Crippen molar-refractivity contribution in [2.75, 3.05) is 25.4 Å². The van der Waals surface area contributed by atoms with E-state index in [1.165, 1.54) is 61.2 Å². The quantitative estimate of drug-likeness (QED) is 0.136. The van der Waals surface area contributed by atoms with Crippen LogP contribution in [0, 0.1) is 7.05 Å². The van der Waals surface area contributed by atoms with E-state index in [4.69, 9.17) is 29.9 Å². The number of aromatic nitrogens is 1. The van der Waals surface area contributed by atoms with Crippen LogP contribution < -0.4 is 20.9 Å². The molecule has 205 valence electrons. The minimum atomic E-state index is 0.00694. The van der Waals surface area contributed by atoms with Gasteiger partial charge in [0.1, 0.15) is 6.61 Å². The third-order valence-corrected chi connectivity index (χ3v) is 8.33. The summed E-state index contributed by atoms with van der Waals surface area (Å²) in [5, 5.41) is 11.5. The molecule has 4 rings (SSSR count). The first-order valence-corrected chi connectivity index (χ1v) is 17.3. The van der Waals surface area contributed by atoms with E-state index in [0.29, 0.717) is 37.2 Å². The molecule has 0 radical (unpaired) electrons. The number of hydrogen-bond donors (Lipinski definition) is 4. The third-order valence-electron chi connectivity index (χ3n) is 7.39. The summed E-state index contributed by atoms with van der Waals surface area (Å²) in [4.78, 5) is 18.0. The van der Waals surface area contributed by atoms with Gasteiger partial charge >= 0.3 is 33.3 Å². The summed E-state index contributed by atoms with van der Waals surface area (Å²) < 4.78 is 4.88. The number of carbonyl (C=O) groups excluding carboxylic acids is 1. The molecule has 36 heavy (non-hydrogen) atoms. The first-order valence-electron chi connectivity index (χ1n) is 13.1. The first kappa shape index (κ1) is 30.5. The Balaban J connectivity index is 0.00000115. The van der Waals surface area contributed by atoms with Crippen molar-refractivity contribution in [3.05, 3.63) is 30.6 Å². The number of nitrogens with one attached hydrogen (secondary N) is 4. The number of fused-ring (bicyclic) bond motifs is 4. The van der Waals surface area contributed by atoms with Crippen LogP contribution in [-0.4, -0.2) is 61.1 Å². The molecule has 1 aliphatic heterocycles. The molecular formula is C25H41Cl2MnN5O2S. The zero-order valence-corrected chi connectivity index (χ0v) is 24.5. The van der Waals surface area contributed by atoms with Gasteiger partial charge in [0.15, 0.2) is 0 Å². The zero-order chi connectivity index (χ0) is 25.6. The van der Waals surface area contributed by atoms with Crippen LogP contribution in [0.5, 0.6) is 0 Å². The predicted molar refractivity (Wildman–Crippen MR) is 144 cm³/mol. The van der Waals surface area contributed by atoms with Crippen LogP contribution in [0.1, 0.15) is 62.8 Å². The van der Waals surface area contributed by atoms with Crippen molar-refractivity contribution in [3.8, 4) is 0 Å². The zero-order valence-electron chi connectivity index (χ0n) is 21.0. The molecule has 1 aromatic heterocycles. The molecule has 2 fully saturated rings. The minimum absolute atomic E-state index is 0.00694. The molecule has 2 unspecified atom stereocenters. The Bertz CT molecular complexity index is 784. The van der Waals surface area contributed by atoms with E-state index in [9.17, 15) is 4.79 Å². The van der Waals surface area contributed by atoms with Crippen molar-refractivity contribution in [3.63, 3.8) is 0 Å². The van der Waals surface area contributed by atoms with Gasteiger partial charge in [-0.25, -0.2) is 0 Å². The van der Waals surface area contributed by atoms with E-state index in [1.54, 1.807) is 11.8 Å². The van der Waals surface area contributed by atoms with Gasteiger partial charge in [-0.15, -0.1) is 11.8 Å². The monoisotopic (exact) mass is 600 g/mol. The van der Waals surface area contributed by atoms with Crippen LogP contribution in [0.15, 0.2) is 17.0 Å². The average molecular weight is 602 g/mol. The SMILES string of the molecule is [CH2-][NH+]1Cc2cc(SCCOC=O)cc(n2)CN[C@@H]2CCCCC2NCCN[C@@H]2CCCC[C@H]21.[Cl][Mn][Cl]. The van der Waals surface area contributed by atoms with Gasteiger partial charge in [0.2, 0.25) is 0 Å². The van der Waals surface area contributed by atoms with Gasteiger partial charge < -0.3 is 25.6 Å². The topological polar surface area (TPSA) is 79.7 Å². The molecule has 5 atom stereocenters. The Hall–Kier alpha value is -0.0905. The number of thioether (sulfide) groups is 1. The van der Waals surface area contributed by atoms with Crippen molar-refractivity contribution < 1.29 is 27.6 Å². The molecule has 1 aromatic rings. The average Bonchev–Trinajstić information content (AvgIpc) is 2.89. The Kier molecular flexibility index (Phi) is 14.8. The molecule has 11 heteroatoms. The van der Waals surface area contributed by atoms with Gasteiger partial charge in [0.05, 0.1) is 30.0 Å². The summed E-state index contributed by atoms with van der Waals surface area (Å²) in [7, 11) is 14.1. The Morgan fingerprint density at radius 1 is 1.03 bits per heavy atom. The number of rotatable bonds is 5. The normalized spacial score (nSPS) is 29.2. The van der Waals surface area contributed by atoms with Gasteiger partial charge in [0, 0.05) is 42.4 Å². The molecule has 0 amide bonds. The second-order valence-corrected chi connectivity index (χ2v) is 12.9. The van der Waals surface area contributed by atoms with E-state index in [-0.39, 0.29) is 13.1 Å². The molecular weight excluding hydrogens is 560 g/mol. The Morgan fingerprint density at radius 2 is 1.64 bits per heavy atom. The van der Waals surface area contributed by atoms with E-state index in [1.807, 2.05) is 0 Å². The third kappa shape index (κ3) is 10.2. The number of quaternary nitrogens is 1. The van der Waals surface area contributed by atoms with E-state index >= 15 is 0 Å². The van der Waals surface area contributed by atoms with Crippen LogP contribution in [0.25, 0.3) is 0 Å².